The maximum Gasteiger partial charge on any atom is 0.251 e. The van der Waals surface area contributed by atoms with E-state index < -0.39 is 0 Å². The van der Waals surface area contributed by atoms with Crippen LogP contribution in [0.3, 0.4) is 0 Å². The van der Waals surface area contributed by atoms with Gasteiger partial charge in [-0.2, -0.15) is 0 Å². The molecule has 208 valence electrons. The first-order chi connectivity index (χ1) is 18.7. The summed E-state index contributed by atoms with van der Waals surface area (Å²) in [6, 6.07) is 14.1. The lowest BCUT2D eigenvalue weighted by Gasteiger charge is -2.24. The summed E-state index contributed by atoms with van der Waals surface area (Å²) in [5, 5.41) is 15.6. The van der Waals surface area contributed by atoms with Gasteiger partial charge in [0.25, 0.3) is 5.91 Å². The van der Waals surface area contributed by atoms with Gasteiger partial charge in [0.1, 0.15) is 11.5 Å². The number of nitrogens with two attached hydrogens (primary N) is 1. The molecule has 0 aliphatic heterocycles. The second-order valence-electron chi connectivity index (χ2n) is 9.43. The molecule has 0 unspecified atom stereocenters. The predicted molar refractivity (Wildman–Crippen MR) is 157 cm³/mol. The number of aliphatic hydroxyl groups is 1. The fourth-order valence-electron chi connectivity index (χ4n) is 3.68. The molecule has 0 spiro atoms. The van der Waals surface area contributed by atoms with Crippen molar-refractivity contribution >= 4 is 40.9 Å². The second-order valence-corrected chi connectivity index (χ2v) is 9.83. The number of ether oxygens (including phenoxy) is 2. The van der Waals surface area contributed by atoms with Gasteiger partial charge in [0.15, 0.2) is 0 Å². The standard InChI is InChI=1S/C29H36ClN5O4/c1-5-29(3,4)34-28(37)21-7-6-8-23(17-21)39-26-10-9-22(18-24(26)30)33-20(2)27-25(32-19-31)11-12-35(27)13-15-38-16-14-36/h6-12,17-19,33,36H,2,5,13-16H2,1,3-4H3,(H2,31,32)(H,34,37). The van der Waals surface area contributed by atoms with Crippen LogP contribution in [0.2, 0.25) is 5.02 Å². The Morgan fingerprint density at radius 3 is 2.72 bits per heavy atom. The number of carbonyl (C=O) groups excluding carboxylic acids is 1. The highest BCUT2D eigenvalue weighted by Gasteiger charge is 2.19. The van der Waals surface area contributed by atoms with Crippen molar-refractivity contribution in [1.29, 1.82) is 0 Å². The van der Waals surface area contributed by atoms with Crippen LogP contribution in [0.25, 0.3) is 5.70 Å². The minimum atomic E-state index is -0.309. The van der Waals surface area contributed by atoms with E-state index >= 15 is 0 Å². The lowest BCUT2D eigenvalue weighted by molar-refractivity contribution is 0.0869. The highest BCUT2D eigenvalue weighted by Crippen LogP contribution is 2.34. The zero-order chi connectivity index (χ0) is 28.4. The molecule has 1 amide bonds. The van der Waals surface area contributed by atoms with Crippen LogP contribution >= 0.6 is 11.6 Å². The third-order valence-electron chi connectivity index (χ3n) is 6.04. The molecule has 0 aliphatic rings. The first kappa shape index (κ1) is 29.8. The zero-order valence-corrected chi connectivity index (χ0v) is 23.3. The topological polar surface area (TPSA) is 123 Å². The Labute approximate surface area is 234 Å². The van der Waals surface area contributed by atoms with Gasteiger partial charge in [-0.1, -0.05) is 31.2 Å². The molecule has 0 saturated carbocycles. The van der Waals surface area contributed by atoms with Crippen LogP contribution in [0.5, 0.6) is 11.5 Å². The van der Waals surface area contributed by atoms with Crippen molar-refractivity contribution in [2.75, 3.05) is 25.1 Å². The third kappa shape index (κ3) is 8.35. The average molecular weight is 554 g/mol. The quantitative estimate of drug-likeness (QED) is 0.118. The van der Waals surface area contributed by atoms with E-state index in [2.05, 4.69) is 22.2 Å². The van der Waals surface area contributed by atoms with Crippen LogP contribution in [0.4, 0.5) is 11.4 Å². The molecular weight excluding hydrogens is 518 g/mol. The Morgan fingerprint density at radius 2 is 2.03 bits per heavy atom. The monoisotopic (exact) mass is 553 g/mol. The summed E-state index contributed by atoms with van der Waals surface area (Å²) in [6.45, 7) is 11.3. The Bertz CT molecular complexity index is 1320. The number of aliphatic hydroxyl groups excluding tert-OH is 1. The molecule has 0 radical (unpaired) electrons. The Balaban J connectivity index is 1.72. The highest BCUT2D eigenvalue weighted by atomic mass is 35.5. The number of aromatic nitrogens is 1. The molecule has 0 aliphatic carbocycles. The van der Waals surface area contributed by atoms with Crippen molar-refractivity contribution in [2.24, 2.45) is 10.7 Å². The van der Waals surface area contributed by atoms with Crippen molar-refractivity contribution in [3.8, 4) is 11.5 Å². The van der Waals surface area contributed by atoms with E-state index in [1.165, 1.54) is 6.34 Å². The molecule has 0 bridgehead atoms. The summed E-state index contributed by atoms with van der Waals surface area (Å²) in [5.41, 5.74) is 8.39. The van der Waals surface area contributed by atoms with E-state index in [1.54, 1.807) is 36.4 Å². The summed E-state index contributed by atoms with van der Waals surface area (Å²) in [6.07, 6.45) is 3.91. The van der Waals surface area contributed by atoms with Gasteiger partial charge in [0.2, 0.25) is 0 Å². The minimum Gasteiger partial charge on any atom is -0.456 e. The maximum atomic E-state index is 12.7. The Hall–Kier alpha value is -3.79. The minimum absolute atomic E-state index is 0.0337. The summed E-state index contributed by atoms with van der Waals surface area (Å²) < 4.78 is 13.3. The number of nitrogens with one attached hydrogen (secondary N) is 2. The van der Waals surface area contributed by atoms with E-state index in [0.29, 0.717) is 52.3 Å². The predicted octanol–water partition coefficient (Wildman–Crippen LogP) is 5.56. The highest BCUT2D eigenvalue weighted by molar-refractivity contribution is 6.32. The number of anilines is 1. The fourth-order valence-corrected chi connectivity index (χ4v) is 3.90. The maximum absolute atomic E-state index is 12.7. The number of hydrogen-bond donors (Lipinski definition) is 4. The first-order valence-electron chi connectivity index (χ1n) is 12.7. The molecule has 2 aromatic carbocycles. The lowest BCUT2D eigenvalue weighted by atomic mass is 10.0. The van der Waals surface area contributed by atoms with Crippen LogP contribution in [0.15, 0.2) is 66.3 Å². The van der Waals surface area contributed by atoms with Gasteiger partial charge in [-0.05, 0) is 62.7 Å². The molecule has 1 heterocycles. The van der Waals surface area contributed by atoms with Crippen molar-refractivity contribution < 1.29 is 19.4 Å². The summed E-state index contributed by atoms with van der Waals surface area (Å²) >= 11 is 6.55. The van der Waals surface area contributed by atoms with Crippen LogP contribution in [-0.2, 0) is 11.3 Å². The number of halogens is 1. The average Bonchev–Trinajstić information content (AvgIpc) is 3.31. The largest absolute Gasteiger partial charge is 0.456 e. The first-order valence-corrected chi connectivity index (χ1v) is 13.0. The molecule has 9 nitrogen and oxygen atoms in total. The van der Waals surface area contributed by atoms with Crippen molar-refractivity contribution in [2.45, 2.75) is 39.3 Å². The molecular formula is C29H36ClN5O4. The number of hydrogen-bond acceptors (Lipinski definition) is 6. The van der Waals surface area contributed by atoms with E-state index in [-0.39, 0.29) is 24.7 Å². The summed E-state index contributed by atoms with van der Waals surface area (Å²) in [7, 11) is 0. The number of carbonyl (C=O) groups is 1. The van der Waals surface area contributed by atoms with Gasteiger partial charge in [0, 0.05) is 29.5 Å². The Morgan fingerprint density at radius 1 is 1.23 bits per heavy atom. The molecule has 1 aromatic heterocycles. The smallest absolute Gasteiger partial charge is 0.251 e. The Kier molecular flexibility index (Phi) is 10.6. The normalized spacial score (nSPS) is 11.5. The summed E-state index contributed by atoms with van der Waals surface area (Å²) in [4.78, 5) is 16.9. The van der Waals surface area contributed by atoms with Crippen LogP contribution in [-0.4, -0.2) is 47.3 Å². The molecule has 5 N–H and O–H groups in total. The molecule has 10 heteroatoms. The molecule has 39 heavy (non-hydrogen) atoms. The molecule has 3 rings (SSSR count). The van der Waals surface area contributed by atoms with E-state index in [0.717, 1.165) is 12.1 Å². The van der Waals surface area contributed by atoms with Gasteiger partial charge in [-0.3, -0.25) is 4.79 Å². The number of benzene rings is 2. The van der Waals surface area contributed by atoms with Gasteiger partial charge < -0.3 is 35.5 Å². The van der Waals surface area contributed by atoms with Crippen LogP contribution in [0, 0.1) is 0 Å². The summed E-state index contributed by atoms with van der Waals surface area (Å²) in [5.74, 6) is 0.770. The van der Waals surface area contributed by atoms with Gasteiger partial charge in [-0.15, -0.1) is 0 Å². The fraction of sp³-hybridized carbons (Fsp3) is 0.310. The van der Waals surface area contributed by atoms with Gasteiger partial charge in [-0.25, -0.2) is 4.99 Å². The molecule has 0 saturated heterocycles. The molecule has 0 atom stereocenters. The van der Waals surface area contributed by atoms with Crippen molar-refractivity contribution in [3.63, 3.8) is 0 Å². The van der Waals surface area contributed by atoms with Gasteiger partial charge >= 0.3 is 0 Å². The van der Waals surface area contributed by atoms with E-state index in [4.69, 9.17) is 31.9 Å². The number of rotatable bonds is 14. The van der Waals surface area contributed by atoms with Crippen LogP contribution in [0.1, 0.15) is 43.2 Å². The number of amides is 1. The van der Waals surface area contributed by atoms with Crippen molar-refractivity contribution in [3.05, 3.63) is 77.6 Å². The van der Waals surface area contributed by atoms with Crippen LogP contribution < -0.4 is 21.1 Å². The SMILES string of the molecule is C=C(Nc1ccc(Oc2cccc(C(=O)NC(C)(C)CC)c2)c(Cl)c1)c1c(/N=C\N)ccn1CCOCCO. The lowest BCUT2D eigenvalue weighted by Crippen LogP contribution is -2.42. The van der Waals surface area contributed by atoms with E-state index in [1.807, 2.05) is 43.7 Å². The third-order valence-corrected chi connectivity index (χ3v) is 6.34. The molecule has 0 fully saturated rings. The number of nitrogens with zero attached hydrogens (tertiary/aromatic N) is 2. The van der Waals surface area contributed by atoms with Crippen molar-refractivity contribution in [1.82, 2.24) is 9.88 Å². The second kappa shape index (κ2) is 13.8. The van der Waals surface area contributed by atoms with Gasteiger partial charge in [0.05, 0.1) is 48.3 Å². The number of aliphatic imine (C=N–C) groups is 1. The van der Waals surface area contributed by atoms with E-state index in [9.17, 15) is 4.79 Å². The molecule has 3 aromatic rings. The zero-order valence-electron chi connectivity index (χ0n) is 22.5.